The number of nitrogens with one attached hydrogen (secondary N) is 1. The minimum atomic E-state index is 0.284. The number of pyridine rings is 1. The summed E-state index contributed by atoms with van der Waals surface area (Å²) in [6.45, 7) is 5.95. The summed E-state index contributed by atoms with van der Waals surface area (Å²) < 4.78 is 0. The molecule has 1 aliphatic rings. The number of nitrogens with zero attached hydrogens (tertiary/aromatic N) is 2. The molecule has 0 bridgehead atoms. The van der Waals surface area contributed by atoms with Gasteiger partial charge in [-0.2, -0.15) is 0 Å². The zero-order chi connectivity index (χ0) is 12.3. The van der Waals surface area contributed by atoms with E-state index >= 15 is 0 Å². The van der Waals surface area contributed by atoms with Crippen molar-refractivity contribution in [3.05, 3.63) is 23.5 Å². The number of hydrogen-bond donors (Lipinski definition) is 2. The average Bonchev–Trinajstić information content (AvgIpc) is 2.69. The van der Waals surface area contributed by atoms with Crippen LogP contribution in [0.5, 0.6) is 5.75 Å². The van der Waals surface area contributed by atoms with Gasteiger partial charge >= 0.3 is 0 Å². The predicted octanol–water partition coefficient (Wildman–Crippen LogP) is 1.14. The van der Waals surface area contributed by atoms with E-state index in [1.54, 1.807) is 6.07 Å². The minimum absolute atomic E-state index is 0.284. The molecule has 2 rings (SSSR count). The van der Waals surface area contributed by atoms with Crippen LogP contribution < -0.4 is 5.32 Å². The molecule has 0 aliphatic carbocycles. The second-order valence-corrected chi connectivity index (χ2v) is 4.97. The van der Waals surface area contributed by atoms with Crippen LogP contribution in [0.2, 0.25) is 0 Å². The fourth-order valence-electron chi connectivity index (χ4n) is 2.32. The van der Waals surface area contributed by atoms with Gasteiger partial charge in [0.05, 0.1) is 5.69 Å². The van der Waals surface area contributed by atoms with Gasteiger partial charge in [-0.1, -0.05) is 0 Å². The Labute approximate surface area is 103 Å². The molecule has 0 aromatic carbocycles. The molecule has 1 atom stereocenters. The summed E-state index contributed by atoms with van der Waals surface area (Å²) in [4.78, 5) is 6.68. The van der Waals surface area contributed by atoms with Gasteiger partial charge in [0.1, 0.15) is 5.75 Å². The normalized spacial score (nSPS) is 20.9. The van der Waals surface area contributed by atoms with Crippen LogP contribution in [0.25, 0.3) is 0 Å². The maximum Gasteiger partial charge on any atom is 0.138 e. The maximum absolute atomic E-state index is 9.66. The first-order chi connectivity index (χ1) is 8.15. The Hall–Kier alpha value is -1.13. The van der Waals surface area contributed by atoms with Crippen molar-refractivity contribution in [1.82, 2.24) is 15.2 Å². The van der Waals surface area contributed by atoms with Crippen LogP contribution in [0.1, 0.15) is 17.8 Å². The van der Waals surface area contributed by atoms with Gasteiger partial charge in [-0.3, -0.25) is 4.98 Å². The van der Waals surface area contributed by atoms with E-state index in [2.05, 4.69) is 22.2 Å². The summed E-state index contributed by atoms with van der Waals surface area (Å²) in [5.41, 5.74) is 1.69. The summed E-state index contributed by atoms with van der Waals surface area (Å²) in [5, 5.41) is 13.0. The lowest BCUT2D eigenvalue weighted by Crippen LogP contribution is -2.25. The largest absolute Gasteiger partial charge is 0.506 e. The molecular formula is C13H21N3O. The summed E-state index contributed by atoms with van der Waals surface area (Å²) in [6, 6.07) is 3.54. The lowest BCUT2D eigenvalue weighted by molar-refractivity contribution is 0.386. The molecule has 4 nitrogen and oxygen atoms in total. The fraction of sp³-hybridized carbons (Fsp3) is 0.615. The van der Waals surface area contributed by atoms with Crippen LogP contribution in [-0.4, -0.2) is 41.7 Å². The molecule has 17 heavy (non-hydrogen) atoms. The SMILES string of the molecule is Cc1ccc(O)c(CNCC2CCN(C)C2)n1. The minimum Gasteiger partial charge on any atom is -0.506 e. The highest BCUT2D eigenvalue weighted by Gasteiger charge is 2.18. The van der Waals surface area contributed by atoms with Crippen molar-refractivity contribution < 1.29 is 5.11 Å². The van der Waals surface area contributed by atoms with Gasteiger partial charge in [0.25, 0.3) is 0 Å². The van der Waals surface area contributed by atoms with Gasteiger partial charge < -0.3 is 15.3 Å². The highest BCUT2D eigenvalue weighted by Crippen LogP contribution is 2.16. The highest BCUT2D eigenvalue weighted by atomic mass is 16.3. The van der Waals surface area contributed by atoms with Crippen LogP contribution in [0, 0.1) is 12.8 Å². The third-order valence-electron chi connectivity index (χ3n) is 3.30. The Morgan fingerprint density at radius 1 is 1.53 bits per heavy atom. The second kappa shape index (κ2) is 5.47. The number of likely N-dealkylation sites (tertiary alicyclic amines) is 1. The van der Waals surface area contributed by atoms with E-state index in [1.165, 1.54) is 19.5 Å². The molecule has 1 aliphatic heterocycles. The third kappa shape index (κ3) is 3.41. The van der Waals surface area contributed by atoms with Crippen molar-refractivity contribution in [3.63, 3.8) is 0 Å². The number of hydrogen-bond acceptors (Lipinski definition) is 4. The Kier molecular flexibility index (Phi) is 3.97. The molecule has 0 radical (unpaired) electrons. The molecule has 2 heterocycles. The van der Waals surface area contributed by atoms with Crippen molar-refractivity contribution >= 4 is 0 Å². The predicted molar refractivity (Wildman–Crippen MR) is 67.9 cm³/mol. The summed E-state index contributed by atoms with van der Waals surface area (Å²) >= 11 is 0. The van der Waals surface area contributed by atoms with E-state index in [9.17, 15) is 5.11 Å². The molecule has 1 saturated heterocycles. The van der Waals surface area contributed by atoms with Crippen molar-refractivity contribution in [1.29, 1.82) is 0 Å². The Morgan fingerprint density at radius 3 is 3.06 bits per heavy atom. The Morgan fingerprint density at radius 2 is 2.35 bits per heavy atom. The highest BCUT2D eigenvalue weighted by molar-refractivity contribution is 5.27. The molecule has 1 aromatic heterocycles. The average molecular weight is 235 g/mol. The third-order valence-corrected chi connectivity index (χ3v) is 3.30. The number of rotatable bonds is 4. The van der Waals surface area contributed by atoms with Crippen LogP contribution in [0.15, 0.2) is 12.1 Å². The lowest BCUT2D eigenvalue weighted by atomic mass is 10.1. The number of aryl methyl sites for hydroxylation is 1. The first kappa shape index (κ1) is 12.3. The molecule has 1 unspecified atom stereocenters. The molecule has 1 fully saturated rings. The topological polar surface area (TPSA) is 48.4 Å². The molecule has 94 valence electrons. The molecule has 0 saturated carbocycles. The zero-order valence-corrected chi connectivity index (χ0v) is 10.6. The van der Waals surface area contributed by atoms with E-state index in [-0.39, 0.29) is 5.75 Å². The monoisotopic (exact) mass is 235 g/mol. The summed E-state index contributed by atoms with van der Waals surface area (Å²) in [6.07, 6.45) is 1.26. The van der Waals surface area contributed by atoms with Crippen molar-refractivity contribution in [2.24, 2.45) is 5.92 Å². The Balaban J connectivity index is 1.80. The maximum atomic E-state index is 9.66. The van der Waals surface area contributed by atoms with Gasteiger partial charge in [-0.05, 0) is 51.5 Å². The van der Waals surface area contributed by atoms with E-state index in [4.69, 9.17) is 0 Å². The van der Waals surface area contributed by atoms with E-state index in [0.717, 1.165) is 23.9 Å². The van der Waals surface area contributed by atoms with Crippen LogP contribution >= 0.6 is 0 Å². The van der Waals surface area contributed by atoms with Gasteiger partial charge in [0.15, 0.2) is 0 Å². The van der Waals surface area contributed by atoms with Crippen LogP contribution in [0.3, 0.4) is 0 Å². The van der Waals surface area contributed by atoms with Crippen molar-refractivity contribution in [3.8, 4) is 5.75 Å². The van der Waals surface area contributed by atoms with Gasteiger partial charge in [-0.25, -0.2) is 0 Å². The lowest BCUT2D eigenvalue weighted by Gasteiger charge is -2.12. The van der Waals surface area contributed by atoms with Gasteiger partial charge in [0, 0.05) is 18.8 Å². The smallest absolute Gasteiger partial charge is 0.138 e. The van der Waals surface area contributed by atoms with Gasteiger partial charge in [-0.15, -0.1) is 0 Å². The van der Waals surface area contributed by atoms with E-state index < -0.39 is 0 Å². The fourth-order valence-corrected chi connectivity index (χ4v) is 2.32. The van der Waals surface area contributed by atoms with E-state index in [1.807, 2.05) is 13.0 Å². The summed E-state index contributed by atoms with van der Waals surface area (Å²) in [7, 11) is 2.16. The van der Waals surface area contributed by atoms with Crippen LogP contribution in [-0.2, 0) is 6.54 Å². The zero-order valence-electron chi connectivity index (χ0n) is 10.6. The Bertz CT molecular complexity index is 381. The molecule has 2 N–H and O–H groups in total. The second-order valence-electron chi connectivity index (χ2n) is 4.97. The standard InChI is InChI=1S/C13H21N3O/c1-10-3-4-13(17)12(15-10)8-14-7-11-5-6-16(2)9-11/h3-4,11,14,17H,5-9H2,1-2H3. The number of aromatic nitrogens is 1. The molecule has 0 amide bonds. The van der Waals surface area contributed by atoms with Crippen LogP contribution in [0.4, 0.5) is 0 Å². The van der Waals surface area contributed by atoms with E-state index in [0.29, 0.717) is 6.54 Å². The van der Waals surface area contributed by atoms with Crippen molar-refractivity contribution in [2.45, 2.75) is 19.9 Å². The molecule has 4 heteroatoms. The first-order valence-corrected chi connectivity index (χ1v) is 6.20. The quantitative estimate of drug-likeness (QED) is 0.821. The molecular weight excluding hydrogens is 214 g/mol. The van der Waals surface area contributed by atoms with Gasteiger partial charge in [0.2, 0.25) is 0 Å². The number of aromatic hydroxyl groups is 1. The van der Waals surface area contributed by atoms with Crippen molar-refractivity contribution in [2.75, 3.05) is 26.7 Å². The summed E-state index contributed by atoms with van der Waals surface area (Å²) in [5.74, 6) is 1.01. The first-order valence-electron chi connectivity index (χ1n) is 6.20. The molecule has 0 spiro atoms. The molecule has 1 aromatic rings.